The van der Waals surface area contributed by atoms with E-state index in [0.717, 1.165) is 6.42 Å². The van der Waals surface area contributed by atoms with Crippen LogP contribution in [0, 0.1) is 17.2 Å². The van der Waals surface area contributed by atoms with Gasteiger partial charge in [0.25, 0.3) is 0 Å². The standard InChI is InChI=1S/C12H22N2O2/c1-4-7-11(10-13)12(15)14(5-2)8-9-16-6-3/h11H,4-9H2,1-3H3. The van der Waals surface area contributed by atoms with Crippen LogP contribution >= 0.6 is 0 Å². The number of nitriles is 1. The van der Waals surface area contributed by atoms with Crippen molar-refractivity contribution in [3.63, 3.8) is 0 Å². The topological polar surface area (TPSA) is 53.3 Å². The molecule has 0 bridgehead atoms. The predicted octanol–water partition coefficient (Wildman–Crippen LogP) is 1.81. The minimum Gasteiger partial charge on any atom is -0.380 e. The van der Waals surface area contributed by atoms with E-state index in [1.807, 2.05) is 20.8 Å². The number of hydrogen-bond acceptors (Lipinski definition) is 3. The van der Waals surface area contributed by atoms with Crippen molar-refractivity contribution < 1.29 is 9.53 Å². The lowest BCUT2D eigenvalue weighted by molar-refractivity contribution is -0.134. The number of amides is 1. The lowest BCUT2D eigenvalue weighted by Gasteiger charge is -2.22. The van der Waals surface area contributed by atoms with Crippen LogP contribution in [-0.2, 0) is 9.53 Å². The third-order valence-corrected chi connectivity index (χ3v) is 2.43. The Morgan fingerprint density at radius 2 is 2.12 bits per heavy atom. The van der Waals surface area contributed by atoms with Crippen molar-refractivity contribution in [1.29, 1.82) is 5.26 Å². The van der Waals surface area contributed by atoms with Crippen molar-refractivity contribution >= 4 is 5.91 Å². The first-order valence-electron chi connectivity index (χ1n) is 5.97. The van der Waals surface area contributed by atoms with Crippen molar-refractivity contribution in [1.82, 2.24) is 4.90 Å². The molecule has 0 fully saturated rings. The molecule has 0 saturated carbocycles. The number of rotatable bonds is 8. The summed E-state index contributed by atoms with van der Waals surface area (Å²) in [7, 11) is 0. The summed E-state index contributed by atoms with van der Waals surface area (Å²) in [6.45, 7) is 8.23. The van der Waals surface area contributed by atoms with Crippen LogP contribution in [-0.4, -0.2) is 37.1 Å². The summed E-state index contributed by atoms with van der Waals surface area (Å²) < 4.78 is 5.21. The van der Waals surface area contributed by atoms with Gasteiger partial charge in [-0.2, -0.15) is 5.26 Å². The maximum Gasteiger partial charge on any atom is 0.239 e. The third-order valence-electron chi connectivity index (χ3n) is 2.43. The van der Waals surface area contributed by atoms with E-state index in [1.165, 1.54) is 0 Å². The van der Waals surface area contributed by atoms with E-state index in [9.17, 15) is 4.79 Å². The molecule has 1 atom stereocenters. The van der Waals surface area contributed by atoms with Crippen LogP contribution in [0.5, 0.6) is 0 Å². The van der Waals surface area contributed by atoms with Crippen molar-refractivity contribution in [2.75, 3.05) is 26.3 Å². The van der Waals surface area contributed by atoms with Gasteiger partial charge in [0.15, 0.2) is 0 Å². The molecule has 0 aromatic carbocycles. The zero-order chi connectivity index (χ0) is 12.4. The number of carbonyl (C=O) groups excluding carboxylic acids is 1. The quantitative estimate of drug-likeness (QED) is 0.593. The van der Waals surface area contributed by atoms with E-state index in [1.54, 1.807) is 4.90 Å². The number of likely N-dealkylation sites (N-methyl/N-ethyl adjacent to an activating group) is 1. The van der Waals surface area contributed by atoms with E-state index in [2.05, 4.69) is 6.07 Å². The molecule has 4 nitrogen and oxygen atoms in total. The first-order valence-corrected chi connectivity index (χ1v) is 5.97. The highest BCUT2D eigenvalue weighted by atomic mass is 16.5. The Balaban J connectivity index is 4.22. The smallest absolute Gasteiger partial charge is 0.239 e. The summed E-state index contributed by atoms with van der Waals surface area (Å²) in [6.07, 6.45) is 1.49. The highest BCUT2D eigenvalue weighted by molar-refractivity contribution is 5.81. The first-order chi connectivity index (χ1) is 7.71. The molecule has 0 aromatic rings. The molecule has 92 valence electrons. The van der Waals surface area contributed by atoms with Crippen molar-refractivity contribution in [2.45, 2.75) is 33.6 Å². The molecule has 0 radical (unpaired) electrons. The van der Waals surface area contributed by atoms with Gasteiger partial charge < -0.3 is 9.64 Å². The molecule has 0 heterocycles. The number of nitrogens with zero attached hydrogens (tertiary/aromatic N) is 2. The fourth-order valence-electron chi connectivity index (χ4n) is 1.50. The molecule has 1 unspecified atom stereocenters. The van der Waals surface area contributed by atoms with Crippen LogP contribution in [0.2, 0.25) is 0 Å². The van der Waals surface area contributed by atoms with Crippen LogP contribution in [0.4, 0.5) is 0 Å². The normalized spacial score (nSPS) is 11.9. The van der Waals surface area contributed by atoms with E-state index in [0.29, 0.717) is 32.7 Å². The van der Waals surface area contributed by atoms with Crippen molar-refractivity contribution in [3.05, 3.63) is 0 Å². The molecule has 0 aliphatic carbocycles. The predicted molar refractivity (Wildman–Crippen MR) is 62.8 cm³/mol. The Bertz CT molecular complexity index is 236. The SMILES string of the molecule is CCCC(C#N)C(=O)N(CC)CCOCC. The van der Waals surface area contributed by atoms with Gasteiger partial charge in [-0.25, -0.2) is 0 Å². The number of hydrogen-bond donors (Lipinski definition) is 0. The van der Waals surface area contributed by atoms with Crippen LogP contribution in [0.3, 0.4) is 0 Å². The van der Waals surface area contributed by atoms with Gasteiger partial charge in [0, 0.05) is 19.7 Å². The zero-order valence-corrected chi connectivity index (χ0v) is 10.5. The average Bonchev–Trinajstić information content (AvgIpc) is 2.31. The van der Waals surface area contributed by atoms with Crippen LogP contribution < -0.4 is 0 Å². The summed E-state index contributed by atoms with van der Waals surface area (Å²) in [5.41, 5.74) is 0. The monoisotopic (exact) mass is 226 g/mol. The molecule has 0 rings (SSSR count). The minimum atomic E-state index is -0.494. The van der Waals surface area contributed by atoms with E-state index < -0.39 is 5.92 Å². The minimum absolute atomic E-state index is 0.0634. The molecule has 0 N–H and O–H groups in total. The molecule has 0 aliphatic rings. The van der Waals surface area contributed by atoms with Crippen LogP contribution in [0.15, 0.2) is 0 Å². The second kappa shape index (κ2) is 9.17. The summed E-state index contributed by atoms with van der Waals surface area (Å²) >= 11 is 0. The zero-order valence-electron chi connectivity index (χ0n) is 10.5. The second-order valence-electron chi connectivity index (χ2n) is 3.59. The van der Waals surface area contributed by atoms with Gasteiger partial charge in [-0.15, -0.1) is 0 Å². The molecule has 0 spiro atoms. The Labute approximate surface area is 98.2 Å². The van der Waals surface area contributed by atoms with E-state index >= 15 is 0 Å². The molecular formula is C12H22N2O2. The summed E-state index contributed by atoms with van der Waals surface area (Å²) in [5, 5.41) is 8.91. The summed E-state index contributed by atoms with van der Waals surface area (Å²) in [5.74, 6) is -0.557. The van der Waals surface area contributed by atoms with Gasteiger partial charge in [-0.05, 0) is 20.3 Å². The Kier molecular flexibility index (Phi) is 8.55. The molecule has 4 heteroatoms. The number of ether oxygens (including phenoxy) is 1. The second-order valence-corrected chi connectivity index (χ2v) is 3.59. The van der Waals surface area contributed by atoms with E-state index in [-0.39, 0.29) is 5.91 Å². The maximum atomic E-state index is 11.9. The summed E-state index contributed by atoms with van der Waals surface area (Å²) in [6, 6.07) is 2.08. The van der Waals surface area contributed by atoms with Gasteiger partial charge in [-0.3, -0.25) is 4.79 Å². The largest absolute Gasteiger partial charge is 0.380 e. The number of carbonyl (C=O) groups is 1. The Morgan fingerprint density at radius 1 is 1.44 bits per heavy atom. The van der Waals surface area contributed by atoms with Gasteiger partial charge in [-0.1, -0.05) is 13.3 Å². The van der Waals surface area contributed by atoms with Crippen molar-refractivity contribution in [3.8, 4) is 6.07 Å². The Hall–Kier alpha value is -1.08. The molecule has 0 aliphatic heterocycles. The fourth-order valence-corrected chi connectivity index (χ4v) is 1.50. The van der Waals surface area contributed by atoms with Crippen molar-refractivity contribution in [2.24, 2.45) is 5.92 Å². The Morgan fingerprint density at radius 3 is 2.56 bits per heavy atom. The van der Waals surface area contributed by atoms with Gasteiger partial charge in [0.2, 0.25) is 5.91 Å². The van der Waals surface area contributed by atoms with Crippen LogP contribution in [0.25, 0.3) is 0 Å². The highest BCUT2D eigenvalue weighted by Crippen LogP contribution is 2.09. The molecular weight excluding hydrogens is 204 g/mol. The molecule has 0 saturated heterocycles. The highest BCUT2D eigenvalue weighted by Gasteiger charge is 2.21. The fraction of sp³-hybridized carbons (Fsp3) is 0.833. The van der Waals surface area contributed by atoms with Gasteiger partial charge >= 0.3 is 0 Å². The molecule has 0 aromatic heterocycles. The summed E-state index contributed by atoms with van der Waals surface area (Å²) in [4.78, 5) is 13.6. The van der Waals surface area contributed by atoms with Gasteiger partial charge in [0.05, 0.1) is 12.7 Å². The van der Waals surface area contributed by atoms with Gasteiger partial charge in [0.1, 0.15) is 5.92 Å². The maximum absolute atomic E-state index is 11.9. The van der Waals surface area contributed by atoms with Crippen LogP contribution in [0.1, 0.15) is 33.6 Å². The first kappa shape index (κ1) is 14.9. The average molecular weight is 226 g/mol. The third kappa shape index (κ3) is 5.13. The molecule has 16 heavy (non-hydrogen) atoms. The van der Waals surface area contributed by atoms with E-state index in [4.69, 9.17) is 10.00 Å². The lowest BCUT2D eigenvalue weighted by Crippen LogP contribution is -2.37. The molecule has 1 amide bonds. The lowest BCUT2D eigenvalue weighted by atomic mass is 10.0.